The van der Waals surface area contributed by atoms with Gasteiger partial charge in [0.25, 0.3) is 0 Å². The molecule has 6 rings (SSSR count). The molecule has 4 heterocycles. The summed E-state index contributed by atoms with van der Waals surface area (Å²) >= 11 is 1.55. The highest BCUT2D eigenvalue weighted by molar-refractivity contribution is 7.13. The van der Waals surface area contributed by atoms with E-state index in [4.69, 9.17) is 4.74 Å². The highest BCUT2D eigenvalue weighted by atomic mass is 32.1. The van der Waals surface area contributed by atoms with Crippen LogP contribution < -0.4 is 9.64 Å². The van der Waals surface area contributed by atoms with Crippen molar-refractivity contribution >= 4 is 34.0 Å². The third-order valence-corrected chi connectivity index (χ3v) is 7.80. The third-order valence-electron chi connectivity index (χ3n) is 6.92. The van der Waals surface area contributed by atoms with Crippen molar-refractivity contribution < 1.29 is 13.9 Å². The normalized spacial score (nSPS) is 13.4. The van der Waals surface area contributed by atoms with Gasteiger partial charge in [0.2, 0.25) is 0 Å². The van der Waals surface area contributed by atoms with E-state index in [0.29, 0.717) is 16.6 Å². The molecular weight excluding hydrogens is 513 g/mol. The van der Waals surface area contributed by atoms with Crippen molar-refractivity contribution in [2.45, 2.75) is 26.2 Å². The predicted molar refractivity (Wildman–Crippen MR) is 150 cm³/mol. The third kappa shape index (κ3) is 4.64. The highest BCUT2D eigenvalue weighted by Gasteiger charge is 2.25. The Kier molecular flexibility index (Phi) is 6.55. The van der Waals surface area contributed by atoms with Crippen molar-refractivity contribution in [3.63, 3.8) is 0 Å². The molecule has 39 heavy (non-hydrogen) atoms. The molecular formula is C30H24FN5O2S. The van der Waals surface area contributed by atoms with Crippen LogP contribution in [-0.4, -0.2) is 34.2 Å². The van der Waals surface area contributed by atoms with Crippen LogP contribution in [0.3, 0.4) is 0 Å². The molecule has 1 aliphatic heterocycles. The van der Waals surface area contributed by atoms with Crippen LogP contribution in [0.1, 0.15) is 31.7 Å². The minimum Gasteiger partial charge on any atom is -0.427 e. The van der Waals surface area contributed by atoms with Gasteiger partial charge in [-0.1, -0.05) is 18.2 Å². The number of anilines is 1. The summed E-state index contributed by atoms with van der Waals surface area (Å²) in [5.41, 5.74) is 4.28. The number of pyridine rings is 1. The van der Waals surface area contributed by atoms with Crippen molar-refractivity contribution in [3.8, 4) is 44.8 Å². The second-order valence-corrected chi connectivity index (χ2v) is 10.4. The number of esters is 1. The number of aromatic nitrogens is 3. The first-order valence-electron chi connectivity index (χ1n) is 12.7. The van der Waals surface area contributed by atoms with Crippen molar-refractivity contribution in [3.05, 3.63) is 71.4 Å². The molecule has 1 N–H and O–H groups in total. The maximum Gasteiger partial charge on any atom is 0.308 e. The Balaban J connectivity index is 1.56. The summed E-state index contributed by atoms with van der Waals surface area (Å²) < 4.78 is 20.4. The van der Waals surface area contributed by atoms with Gasteiger partial charge in [0.15, 0.2) is 5.65 Å². The summed E-state index contributed by atoms with van der Waals surface area (Å²) in [7, 11) is 0. The molecule has 194 valence electrons. The first-order chi connectivity index (χ1) is 19.0. The van der Waals surface area contributed by atoms with Crippen LogP contribution in [0, 0.1) is 17.1 Å². The first kappa shape index (κ1) is 24.8. The zero-order valence-corrected chi connectivity index (χ0v) is 22.0. The molecule has 3 aromatic heterocycles. The van der Waals surface area contributed by atoms with Gasteiger partial charge in [-0.05, 0) is 60.5 Å². The molecule has 1 aliphatic rings. The van der Waals surface area contributed by atoms with Crippen LogP contribution in [0.15, 0.2) is 60.0 Å². The number of aromatic amines is 1. The molecule has 0 bridgehead atoms. The molecule has 1 saturated heterocycles. The molecule has 1 fully saturated rings. The van der Waals surface area contributed by atoms with E-state index in [-0.39, 0.29) is 22.6 Å². The number of ether oxygens (including phenoxy) is 1. The fraction of sp³-hybridized carbons (Fsp3) is 0.200. The number of rotatable bonds is 5. The number of carbonyl (C=O) groups excluding carboxylic acids is 1. The molecule has 0 spiro atoms. The first-order valence-corrected chi connectivity index (χ1v) is 13.6. The topological polar surface area (TPSA) is 94.9 Å². The van der Waals surface area contributed by atoms with E-state index in [0.717, 1.165) is 41.0 Å². The molecule has 0 atom stereocenters. The molecule has 0 aliphatic carbocycles. The van der Waals surface area contributed by atoms with E-state index >= 15 is 4.39 Å². The number of H-pyrrole nitrogens is 1. The van der Waals surface area contributed by atoms with E-state index in [1.165, 1.54) is 38.3 Å². The van der Waals surface area contributed by atoms with Crippen LogP contribution in [0.25, 0.3) is 44.0 Å². The number of nitrogens with one attached hydrogen (secondary N) is 1. The van der Waals surface area contributed by atoms with Gasteiger partial charge in [-0.3, -0.25) is 9.89 Å². The summed E-state index contributed by atoms with van der Waals surface area (Å²) in [5.74, 6) is -1.12. The lowest BCUT2D eigenvalue weighted by molar-refractivity contribution is -0.131. The Bertz CT molecular complexity index is 1720. The Labute approximate surface area is 228 Å². The molecule has 9 heteroatoms. The average molecular weight is 538 g/mol. The molecule has 0 saturated carbocycles. The summed E-state index contributed by atoms with van der Waals surface area (Å²) in [6.07, 6.45) is 3.60. The van der Waals surface area contributed by atoms with Crippen LogP contribution in [0.2, 0.25) is 0 Å². The minimum absolute atomic E-state index is 0.0802. The van der Waals surface area contributed by atoms with E-state index in [1.807, 2.05) is 29.6 Å². The van der Waals surface area contributed by atoms with Gasteiger partial charge >= 0.3 is 5.97 Å². The number of nitriles is 1. The van der Waals surface area contributed by atoms with Crippen LogP contribution in [-0.2, 0) is 4.79 Å². The van der Waals surface area contributed by atoms with Gasteiger partial charge in [-0.25, -0.2) is 9.37 Å². The van der Waals surface area contributed by atoms with Gasteiger partial charge in [0.05, 0.1) is 27.2 Å². The van der Waals surface area contributed by atoms with Crippen LogP contribution in [0.5, 0.6) is 5.75 Å². The van der Waals surface area contributed by atoms with Gasteiger partial charge in [0, 0.05) is 42.9 Å². The maximum absolute atomic E-state index is 15.4. The zero-order valence-electron chi connectivity index (χ0n) is 21.2. The monoisotopic (exact) mass is 537 g/mol. The summed E-state index contributed by atoms with van der Waals surface area (Å²) in [4.78, 5) is 19.3. The molecule has 0 amide bonds. The Hall–Kier alpha value is -4.55. The van der Waals surface area contributed by atoms with Gasteiger partial charge in [0.1, 0.15) is 17.6 Å². The molecule has 0 unspecified atom stereocenters. The molecule has 0 radical (unpaired) electrons. The van der Waals surface area contributed by atoms with Crippen molar-refractivity contribution in [1.82, 2.24) is 15.2 Å². The van der Waals surface area contributed by atoms with Crippen molar-refractivity contribution in [2.24, 2.45) is 0 Å². The van der Waals surface area contributed by atoms with E-state index in [1.54, 1.807) is 11.3 Å². The number of piperidine rings is 1. The fourth-order valence-electron chi connectivity index (χ4n) is 5.16. The summed E-state index contributed by atoms with van der Waals surface area (Å²) in [5, 5.41) is 20.7. The number of hydrogen-bond donors (Lipinski definition) is 1. The van der Waals surface area contributed by atoms with E-state index in [2.05, 4.69) is 38.3 Å². The van der Waals surface area contributed by atoms with Gasteiger partial charge < -0.3 is 9.64 Å². The number of carbonyl (C=O) groups is 1. The van der Waals surface area contributed by atoms with Gasteiger partial charge in [-0.15, -0.1) is 11.3 Å². The number of halogens is 1. The number of fused-ring (bicyclic) bond motifs is 1. The number of thiophene rings is 1. The van der Waals surface area contributed by atoms with E-state index in [9.17, 15) is 10.1 Å². The predicted octanol–water partition coefficient (Wildman–Crippen LogP) is 6.95. The van der Waals surface area contributed by atoms with E-state index < -0.39 is 11.8 Å². The standard InChI is InChI=1S/C30H24FN5O2S/c1-18(37)38-21-11-12-22(24(31)16-21)28-23(17-32)26(19-7-9-20(10-8-19)36-13-3-2-4-14-36)27-29(25-6-5-15-39-25)34-35-30(27)33-28/h5-12,15-16H,2-4,13-14H2,1H3,(H,33,34,35). The van der Waals surface area contributed by atoms with Crippen molar-refractivity contribution in [2.75, 3.05) is 18.0 Å². The molecule has 5 aromatic rings. The molecule has 7 nitrogen and oxygen atoms in total. The molecule has 2 aromatic carbocycles. The number of nitrogens with zero attached hydrogens (tertiary/aromatic N) is 4. The SMILES string of the molecule is CC(=O)Oc1ccc(-c2nc3n[nH]c(-c4cccs4)c3c(-c3ccc(N4CCCCC4)cc3)c2C#N)c(F)c1. The van der Waals surface area contributed by atoms with Crippen LogP contribution in [0.4, 0.5) is 10.1 Å². The highest BCUT2D eigenvalue weighted by Crippen LogP contribution is 2.42. The summed E-state index contributed by atoms with van der Waals surface area (Å²) in [6, 6.07) is 18.5. The van der Waals surface area contributed by atoms with Gasteiger partial charge in [-0.2, -0.15) is 10.4 Å². The number of benzene rings is 2. The van der Waals surface area contributed by atoms with Crippen LogP contribution >= 0.6 is 11.3 Å². The largest absolute Gasteiger partial charge is 0.427 e. The Morgan fingerprint density at radius 2 is 1.92 bits per heavy atom. The minimum atomic E-state index is -0.655. The second kappa shape index (κ2) is 10.3. The van der Waals surface area contributed by atoms with Crippen molar-refractivity contribution in [1.29, 1.82) is 5.26 Å². The lowest BCUT2D eigenvalue weighted by Gasteiger charge is -2.29. The second-order valence-electron chi connectivity index (χ2n) is 9.43. The lowest BCUT2D eigenvalue weighted by Crippen LogP contribution is -2.29. The Morgan fingerprint density at radius 1 is 1.13 bits per heavy atom. The average Bonchev–Trinajstić information content (AvgIpc) is 3.63. The fourth-order valence-corrected chi connectivity index (χ4v) is 5.88. The maximum atomic E-state index is 15.4. The quantitative estimate of drug-likeness (QED) is 0.193. The summed E-state index contributed by atoms with van der Waals surface area (Å²) in [6.45, 7) is 3.30. The lowest BCUT2D eigenvalue weighted by atomic mass is 9.92. The zero-order chi connectivity index (χ0) is 26.9. The smallest absolute Gasteiger partial charge is 0.308 e. The number of hydrogen-bond acceptors (Lipinski definition) is 7. The Morgan fingerprint density at radius 3 is 2.59 bits per heavy atom.